The third-order valence-corrected chi connectivity index (χ3v) is 5.65. The average Bonchev–Trinajstić information content (AvgIpc) is 2.76. The molecule has 5 nitrogen and oxygen atoms in total. The minimum Gasteiger partial charge on any atom is -0.368 e. The normalized spacial score (nSPS) is 16.5. The van der Waals surface area contributed by atoms with Crippen LogP contribution in [0.5, 0.6) is 0 Å². The first-order valence-corrected chi connectivity index (χ1v) is 10.3. The first-order chi connectivity index (χ1) is 14.5. The second-order valence-electron chi connectivity index (χ2n) is 7.44. The van der Waals surface area contributed by atoms with Crippen molar-refractivity contribution in [2.75, 3.05) is 12.3 Å². The zero-order chi connectivity index (χ0) is 21.1. The van der Waals surface area contributed by atoms with Crippen LogP contribution in [0.2, 0.25) is 5.02 Å². The van der Waals surface area contributed by atoms with Crippen LogP contribution in [-0.4, -0.2) is 27.3 Å². The SMILES string of the molecule is Nc1ncc(-c2ccc(Cl)cc2)c(C2CCCCN2C(=O)Cc2ccc(F)cc2)n1. The summed E-state index contributed by atoms with van der Waals surface area (Å²) in [6.07, 6.45) is 4.65. The number of hydrogen-bond acceptors (Lipinski definition) is 4. The zero-order valence-corrected chi connectivity index (χ0v) is 17.1. The average molecular weight is 425 g/mol. The lowest BCUT2D eigenvalue weighted by molar-refractivity contribution is -0.134. The number of amides is 1. The first kappa shape index (κ1) is 20.3. The first-order valence-electron chi connectivity index (χ1n) is 9.93. The highest BCUT2D eigenvalue weighted by Crippen LogP contribution is 2.36. The number of nitrogens with two attached hydrogens (primary N) is 1. The fourth-order valence-corrected chi connectivity index (χ4v) is 4.03. The minimum absolute atomic E-state index is 0.00875. The van der Waals surface area contributed by atoms with Crippen LogP contribution in [0.4, 0.5) is 10.3 Å². The monoisotopic (exact) mass is 424 g/mol. The number of rotatable bonds is 4. The van der Waals surface area contributed by atoms with Gasteiger partial charge in [-0.15, -0.1) is 0 Å². The standard InChI is InChI=1S/C23H22ClFN4O/c24-17-8-6-16(7-9-17)19-14-27-23(26)28-22(19)20-3-1-2-12-29(20)21(30)13-15-4-10-18(25)11-5-15/h4-11,14,20H,1-3,12-13H2,(H2,26,27,28). The maximum absolute atomic E-state index is 13.2. The van der Waals surface area contributed by atoms with Crippen molar-refractivity contribution in [3.63, 3.8) is 0 Å². The summed E-state index contributed by atoms with van der Waals surface area (Å²) in [4.78, 5) is 23.7. The summed E-state index contributed by atoms with van der Waals surface area (Å²) in [7, 11) is 0. The molecule has 1 amide bonds. The number of piperidine rings is 1. The molecule has 2 N–H and O–H groups in total. The van der Waals surface area contributed by atoms with Crippen LogP contribution in [0.25, 0.3) is 11.1 Å². The van der Waals surface area contributed by atoms with Crippen LogP contribution in [0.3, 0.4) is 0 Å². The van der Waals surface area contributed by atoms with E-state index < -0.39 is 0 Å². The predicted molar refractivity (Wildman–Crippen MR) is 115 cm³/mol. The lowest BCUT2D eigenvalue weighted by atomic mass is 9.93. The van der Waals surface area contributed by atoms with Crippen molar-refractivity contribution in [1.82, 2.24) is 14.9 Å². The van der Waals surface area contributed by atoms with Gasteiger partial charge in [0.15, 0.2) is 0 Å². The predicted octanol–water partition coefficient (Wildman–Crippen LogP) is 4.81. The van der Waals surface area contributed by atoms with E-state index in [1.165, 1.54) is 12.1 Å². The molecule has 0 bridgehead atoms. The van der Waals surface area contributed by atoms with Crippen LogP contribution in [0, 0.1) is 5.82 Å². The molecular weight excluding hydrogens is 403 g/mol. The molecule has 1 fully saturated rings. The van der Waals surface area contributed by atoms with Crippen molar-refractivity contribution in [3.05, 3.63) is 76.8 Å². The maximum atomic E-state index is 13.2. The van der Waals surface area contributed by atoms with E-state index >= 15 is 0 Å². The van der Waals surface area contributed by atoms with Crippen molar-refractivity contribution >= 4 is 23.5 Å². The van der Waals surface area contributed by atoms with Gasteiger partial charge < -0.3 is 10.6 Å². The zero-order valence-electron chi connectivity index (χ0n) is 16.4. The fourth-order valence-electron chi connectivity index (χ4n) is 3.91. The van der Waals surface area contributed by atoms with Crippen LogP contribution in [0.15, 0.2) is 54.7 Å². The number of carbonyl (C=O) groups excluding carboxylic acids is 1. The topological polar surface area (TPSA) is 72.1 Å². The summed E-state index contributed by atoms with van der Waals surface area (Å²) in [5.74, 6) is -0.143. The van der Waals surface area contributed by atoms with E-state index in [2.05, 4.69) is 9.97 Å². The number of aromatic nitrogens is 2. The van der Waals surface area contributed by atoms with Gasteiger partial charge in [0.25, 0.3) is 0 Å². The third-order valence-electron chi connectivity index (χ3n) is 5.40. The molecule has 1 aliphatic rings. The van der Waals surface area contributed by atoms with E-state index in [1.807, 2.05) is 29.2 Å². The number of nitrogens with zero attached hydrogens (tertiary/aromatic N) is 3. The fraction of sp³-hybridized carbons (Fsp3) is 0.261. The Kier molecular flexibility index (Phi) is 5.95. The molecule has 0 radical (unpaired) electrons. The number of carbonyl (C=O) groups is 1. The van der Waals surface area contributed by atoms with Crippen molar-refractivity contribution in [2.24, 2.45) is 0 Å². The molecule has 7 heteroatoms. The van der Waals surface area contributed by atoms with Crippen molar-refractivity contribution in [1.29, 1.82) is 0 Å². The molecule has 1 aromatic heterocycles. The summed E-state index contributed by atoms with van der Waals surface area (Å²) >= 11 is 6.04. The van der Waals surface area contributed by atoms with E-state index in [-0.39, 0.29) is 30.1 Å². The number of halogens is 2. The summed E-state index contributed by atoms with van der Waals surface area (Å²) in [5.41, 5.74) is 9.21. The summed E-state index contributed by atoms with van der Waals surface area (Å²) in [6, 6.07) is 13.3. The van der Waals surface area contributed by atoms with Gasteiger partial charge in [0.1, 0.15) is 5.82 Å². The molecule has 4 rings (SSSR count). The Morgan fingerprint density at radius 1 is 1.13 bits per heavy atom. The van der Waals surface area contributed by atoms with Gasteiger partial charge in [-0.05, 0) is 54.7 Å². The maximum Gasteiger partial charge on any atom is 0.227 e. The second kappa shape index (κ2) is 8.79. The van der Waals surface area contributed by atoms with E-state index in [0.717, 1.165) is 41.6 Å². The Morgan fingerprint density at radius 3 is 2.60 bits per heavy atom. The van der Waals surface area contributed by atoms with Gasteiger partial charge in [-0.25, -0.2) is 14.4 Å². The molecule has 0 saturated carbocycles. The van der Waals surface area contributed by atoms with Crippen LogP contribution in [0.1, 0.15) is 36.6 Å². The van der Waals surface area contributed by atoms with Gasteiger partial charge in [0.2, 0.25) is 11.9 Å². The Hall–Kier alpha value is -2.99. The van der Waals surface area contributed by atoms with Gasteiger partial charge in [-0.1, -0.05) is 35.9 Å². The van der Waals surface area contributed by atoms with Gasteiger partial charge in [-0.2, -0.15) is 0 Å². The minimum atomic E-state index is -0.314. The number of benzene rings is 2. The highest BCUT2D eigenvalue weighted by atomic mass is 35.5. The molecule has 1 atom stereocenters. The van der Waals surface area contributed by atoms with E-state index in [1.54, 1.807) is 18.3 Å². The second-order valence-corrected chi connectivity index (χ2v) is 7.87. The quantitative estimate of drug-likeness (QED) is 0.652. The Morgan fingerprint density at radius 2 is 1.87 bits per heavy atom. The third kappa shape index (κ3) is 4.44. The van der Waals surface area contributed by atoms with Gasteiger partial charge in [0.05, 0.1) is 18.2 Å². The van der Waals surface area contributed by atoms with Crippen LogP contribution >= 0.6 is 11.6 Å². The van der Waals surface area contributed by atoms with Gasteiger partial charge in [-0.3, -0.25) is 4.79 Å². The van der Waals surface area contributed by atoms with E-state index in [4.69, 9.17) is 17.3 Å². The smallest absolute Gasteiger partial charge is 0.227 e. The number of likely N-dealkylation sites (tertiary alicyclic amines) is 1. The Labute approximate surface area is 179 Å². The summed E-state index contributed by atoms with van der Waals surface area (Å²) in [5, 5.41) is 0.644. The summed E-state index contributed by atoms with van der Waals surface area (Å²) in [6.45, 7) is 0.647. The lowest BCUT2D eigenvalue weighted by Gasteiger charge is -2.36. The number of hydrogen-bond donors (Lipinski definition) is 1. The van der Waals surface area contributed by atoms with Crippen LogP contribution < -0.4 is 5.73 Å². The lowest BCUT2D eigenvalue weighted by Crippen LogP contribution is -2.40. The van der Waals surface area contributed by atoms with E-state index in [0.29, 0.717) is 11.6 Å². The molecular formula is C23H22ClFN4O. The Bertz CT molecular complexity index is 1040. The molecule has 0 spiro atoms. The van der Waals surface area contributed by atoms with Crippen molar-refractivity contribution < 1.29 is 9.18 Å². The van der Waals surface area contributed by atoms with E-state index in [9.17, 15) is 9.18 Å². The molecule has 1 unspecified atom stereocenters. The Balaban J connectivity index is 1.67. The highest BCUT2D eigenvalue weighted by Gasteiger charge is 2.31. The molecule has 0 aliphatic carbocycles. The molecule has 3 aromatic rings. The highest BCUT2D eigenvalue weighted by molar-refractivity contribution is 6.30. The molecule has 2 heterocycles. The molecule has 154 valence electrons. The molecule has 30 heavy (non-hydrogen) atoms. The van der Waals surface area contributed by atoms with Gasteiger partial charge >= 0.3 is 0 Å². The van der Waals surface area contributed by atoms with Crippen molar-refractivity contribution in [3.8, 4) is 11.1 Å². The molecule has 1 aliphatic heterocycles. The number of anilines is 1. The summed E-state index contributed by atoms with van der Waals surface area (Å²) < 4.78 is 13.2. The molecule has 1 saturated heterocycles. The van der Waals surface area contributed by atoms with Crippen LogP contribution in [-0.2, 0) is 11.2 Å². The molecule has 2 aromatic carbocycles. The van der Waals surface area contributed by atoms with Crippen molar-refractivity contribution in [2.45, 2.75) is 31.7 Å². The van der Waals surface area contributed by atoms with Gasteiger partial charge in [0, 0.05) is 23.3 Å². The number of nitrogen functional groups attached to an aromatic ring is 1. The largest absolute Gasteiger partial charge is 0.368 e.